The van der Waals surface area contributed by atoms with E-state index < -0.39 is 0 Å². The minimum atomic E-state index is -0.337. The third-order valence-corrected chi connectivity index (χ3v) is 3.77. The molecule has 0 unspecified atom stereocenters. The zero-order chi connectivity index (χ0) is 13.0. The molecule has 1 saturated heterocycles. The summed E-state index contributed by atoms with van der Waals surface area (Å²) in [5.74, 6) is -0.337. The summed E-state index contributed by atoms with van der Waals surface area (Å²) in [5.41, 5.74) is 1.13. The third-order valence-electron chi connectivity index (χ3n) is 3.48. The number of piperazine rings is 1. The van der Waals surface area contributed by atoms with Crippen LogP contribution in [-0.2, 0) is 0 Å². The second-order valence-corrected chi connectivity index (χ2v) is 5.17. The predicted octanol–water partition coefficient (Wildman–Crippen LogP) is 4.07. The van der Waals surface area contributed by atoms with E-state index in [1.54, 1.807) is 6.07 Å². The molecule has 1 aromatic carbocycles. The lowest BCUT2D eigenvalue weighted by atomic mass is 10.00. The molecule has 116 valence electrons. The zero-order valence-electron chi connectivity index (χ0n) is 11.6. The molecule has 1 aliphatic rings. The fraction of sp³-hybridized carbons (Fsp3) is 0.571. The molecular formula is C14H22Cl3FN2. The van der Waals surface area contributed by atoms with Gasteiger partial charge < -0.3 is 5.32 Å². The number of benzene rings is 1. The molecule has 0 amide bonds. The van der Waals surface area contributed by atoms with Gasteiger partial charge in [-0.15, -0.1) is 24.8 Å². The number of nitrogens with one attached hydrogen (secondary N) is 1. The van der Waals surface area contributed by atoms with Crippen molar-refractivity contribution in [2.45, 2.75) is 25.8 Å². The van der Waals surface area contributed by atoms with Crippen LogP contribution in [0.15, 0.2) is 18.2 Å². The largest absolute Gasteiger partial charge is 0.314 e. The van der Waals surface area contributed by atoms with Crippen LogP contribution >= 0.6 is 36.4 Å². The molecule has 0 aliphatic carbocycles. The van der Waals surface area contributed by atoms with Crippen LogP contribution in [0.3, 0.4) is 0 Å². The van der Waals surface area contributed by atoms with Gasteiger partial charge in [0.2, 0.25) is 0 Å². The Kier molecular flexibility index (Phi) is 9.77. The van der Waals surface area contributed by atoms with Crippen molar-refractivity contribution in [2.75, 3.05) is 26.2 Å². The first-order chi connectivity index (χ1) is 8.72. The molecule has 1 heterocycles. The van der Waals surface area contributed by atoms with Gasteiger partial charge >= 0.3 is 0 Å². The van der Waals surface area contributed by atoms with Gasteiger partial charge in [-0.25, -0.2) is 4.39 Å². The predicted molar refractivity (Wildman–Crippen MR) is 88.0 cm³/mol. The lowest BCUT2D eigenvalue weighted by molar-refractivity contribution is 0.164. The maximum Gasteiger partial charge on any atom is 0.141 e. The topological polar surface area (TPSA) is 15.3 Å². The van der Waals surface area contributed by atoms with Gasteiger partial charge in [0.05, 0.1) is 5.02 Å². The van der Waals surface area contributed by atoms with Gasteiger partial charge in [0.25, 0.3) is 0 Å². The normalized spacial score (nSPS) is 16.9. The van der Waals surface area contributed by atoms with E-state index in [9.17, 15) is 4.39 Å². The molecule has 0 aromatic heterocycles. The van der Waals surface area contributed by atoms with Gasteiger partial charge in [-0.05, 0) is 24.1 Å². The van der Waals surface area contributed by atoms with Crippen LogP contribution in [0.1, 0.15) is 31.4 Å². The third kappa shape index (κ3) is 5.05. The Balaban J connectivity index is 0.00000180. The van der Waals surface area contributed by atoms with Crippen molar-refractivity contribution in [3.05, 3.63) is 34.6 Å². The molecule has 1 aliphatic heterocycles. The number of hydrogen-bond acceptors (Lipinski definition) is 2. The number of hydrogen-bond donors (Lipinski definition) is 1. The van der Waals surface area contributed by atoms with E-state index in [-0.39, 0.29) is 35.7 Å². The van der Waals surface area contributed by atoms with Gasteiger partial charge in [-0.2, -0.15) is 0 Å². The van der Waals surface area contributed by atoms with Crippen LogP contribution in [0.2, 0.25) is 5.02 Å². The van der Waals surface area contributed by atoms with Gasteiger partial charge in [0.1, 0.15) is 5.82 Å². The van der Waals surface area contributed by atoms with Gasteiger partial charge in [-0.1, -0.05) is 31.0 Å². The Morgan fingerprint density at radius 2 is 1.95 bits per heavy atom. The minimum Gasteiger partial charge on any atom is -0.314 e. The summed E-state index contributed by atoms with van der Waals surface area (Å²) in [5, 5.41) is 3.58. The monoisotopic (exact) mass is 342 g/mol. The van der Waals surface area contributed by atoms with Crippen molar-refractivity contribution in [3.8, 4) is 0 Å². The average Bonchev–Trinajstić information content (AvgIpc) is 2.40. The molecule has 1 atom stereocenters. The summed E-state index contributed by atoms with van der Waals surface area (Å²) < 4.78 is 13.2. The van der Waals surface area contributed by atoms with E-state index in [4.69, 9.17) is 11.6 Å². The highest BCUT2D eigenvalue weighted by molar-refractivity contribution is 6.30. The highest BCUT2D eigenvalue weighted by atomic mass is 35.5. The summed E-state index contributed by atoms with van der Waals surface area (Å²) in [6.07, 6.45) is 2.20. The van der Waals surface area contributed by atoms with Gasteiger partial charge in [-0.3, -0.25) is 4.90 Å². The van der Waals surface area contributed by atoms with Crippen LogP contribution in [0.4, 0.5) is 4.39 Å². The lowest BCUT2D eigenvalue weighted by Crippen LogP contribution is -2.45. The standard InChI is InChI=1S/C14H20ClFN2.2ClH/c1-2-3-14(18-8-6-17-7-9-18)11-4-5-13(16)12(15)10-11;;/h4-5,10,14,17H,2-3,6-9H2,1H3;2*1H/t14-;;/m1../s1. The summed E-state index contributed by atoms with van der Waals surface area (Å²) in [7, 11) is 0. The average molecular weight is 344 g/mol. The van der Waals surface area contributed by atoms with Crippen LogP contribution in [0, 0.1) is 5.82 Å². The number of nitrogens with zero attached hydrogens (tertiary/aromatic N) is 1. The van der Waals surface area contributed by atoms with E-state index >= 15 is 0 Å². The Labute approximate surface area is 137 Å². The fourth-order valence-electron chi connectivity index (χ4n) is 2.55. The summed E-state index contributed by atoms with van der Waals surface area (Å²) >= 11 is 5.89. The second kappa shape index (κ2) is 9.80. The zero-order valence-corrected chi connectivity index (χ0v) is 14.0. The molecule has 0 saturated carbocycles. The Hall–Kier alpha value is -0.0600. The van der Waals surface area contributed by atoms with Crippen molar-refractivity contribution in [3.63, 3.8) is 0 Å². The highest BCUT2D eigenvalue weighted by Crippen LogP contribution is 2.28. The van der Waals surface area contributed by atoms with Crippen molar-refractivity contribution in [1.82, 2.24) is 10.2 Å². The number of halogens is 4. The molecule has 0 spiro atoms. The van der Waals surface area contributed by atoms with E-state index in [0.29, 0.717) is 6.04 Å². The lowest BCUT2D eigenvalue weighted by Gasteiger charge is -2.35. The Morgan fingerprint density at radius 1 is 1.30 bits per heavy atom. The smallest absolute Gasteiger partial charge is 0.141 e. The highest BCUT2D eigenvalue weighted by Gasteiger charge is 2.21. The Morgan fingerprint density at radius 3 is 2.50 bits per heavy atom. The van der Waals surface area contributed by atoms with Crippen LogP contribution in [-0.4, -0.2) is 31.1 Å². The molecule has 1 N–H and O–H groups in total. The second-order valence-electron chi connectivity index (χ2n) is 4.76. The Bertz CT molecular complexity index is 398. The molecule has 2 rings (SSSR count). The maximum absolute atomic E-state index is 13.2. The van der Waals surface area contributed by atoms with E-state index in [2.05, 4.69) is 17.1 Å². The van der Waals surface area contributed by atoms with Crippen molar-refractivity contribution in [1.29, 1.82) is 0 Å². The van der Waals surface area contributed by atoms with E-state index in [0.717, 1.165) is 44.6 Å². The van der Waals surface area contributed by atoms with Crippen molar-refractivity contribution in [2.24, 2.45) is 0 Å². The first-order valence-corrected chi connectivity index (χ1v) is 7.00. The van der Waals surface area contributed by atoms with Gasteiger partial charge in [0.15, 0.2) is 0 Å². The molecule has 2 nitrogen and oxygen atoms in total. The van der Waals surface area contributed by atoms with Crippen LogP contribution < -0.4 is 5.32 Å². The first-order valence-electron chi connectivity index (χ1n) is 6.62. The quantitative estimate of drug-likeness (QED) is 0.886. The first kappa shape index (κ1) is 19.9. The summed E-state index contributed by atoms with van der Waals surface area (Å²) in [6.45, 7) is 6.31. The summed E-state index contributed by atoms with van der Waals surface area (Å²) in [6, 6.07) is 5.47. The van der Waals surface area contributed by atoms with Crippen LogP contribution in [0.25, 0.3) is 0 Å². The molecule has 20 heavy (non-hydrogen) atoms. The molecule has 0 radical (unpaired) electrons. The SMILES string of the molecule is CCC[C@H](c1ccc(F)c(Cl)c1)N1CCNCC1.Cl.Cl. The van der Waals surface area contributed by atoms with E-state index in [1.807, 2.05) is 6.07 Å². The minimum absolute atomic E-state index is 0. The maximum atomic E-state index is 13.2. The van der Waals surface area contributed by atoms with Gasteiger partial charge in [0, 0.05) is 32.2 Å². The molecular weight excluding hydrogens is 322 g/mol. The van der Waals surface area contributed by atoms with Crippen LogP contribution in [0.5, 0.6) is 0 Å². The molecule has 1 fully saturated rings. The fourth-order valence-corrected chi connectivity index (χ4v) is 2.74. The molecule has 1 aromatic rings. The van der Waals surface area contributed by atoms with Crippen molar-refractivity contribution >= 4 is 36.4 Å². The molecule has 0 bridgehead atoms. The van der Waals surface area contributed by atoms with Crippen molar-refractivity contribution < 1.29 is 4.39 Å². The summed E-state index contributed by atoms with van der Waals surface area (Å²) in [4.78, 5) is 2.46. The van der Waals surface area contributed by atoms with E-state index in [1.165, 1.54) is 6.07 Å². The number of rotatable bonds is 4. The molecule has 6 heteroatoms.